The van der Waals surface area contributed by atoms with Crippen molar-refractivity contribution >= 4 is 17.7 Å². The van der Waals surface area contributed by atoms with Crippen molar-refractivity contribution in [2.75, 3.05) is 0 Å². The van der Waals surface area contributed by atoms with Crippen molar-refractivity contribution in [1.29, 1.82) is 0 Å². The fourth-order valence-corrected chi connectivity index (χ4v) is 1.81. The monoisotopic (exact) mass is 328 g/mol. The van der Waals surface area contributed by atoms with Gasteiger partial charge in [0, 0.05) is 19.1 Å². The normalized spacial score (nSPS) is 11.0. The second-order valence-corrected chi connectivity index (χ2v) is 4.88. The highest BCUT2D eigenvalue weighted by molar-refractivity contribution is 5.86. The number of ether oxygens (including phenoxy) is 2. The minimum absolute atomic E-state index is 0.0201. The number of carbonyl (C=O) groups is 1. The SMILES string of the molecule is CC(=NC(=O)OCc1ccc([N+](=O)[O-])cc1)OCc1ccccc1. The molecule has 7 heteroatoms. The van der Waals surface area contributed by atoms with Gasteiger partial charge in [0.2, 0.25) is 0 Å². The summed E-state index contributed by atoms with van der Waals surface area (Å²) >= 11 is 0. The van der Waals surface area contributed by atoms with Crippen molar-refractivity contribution in [2.24, 2.45) is 4.99 Å². The van der Waals surface area contributed by atoms with Gasteiger partial charge in [-0.3, -0.25) is 10.1 Å². The van der Waals surface area contributed by atoms with E-state index >= 15 is 0 Å². The summed E-state index contributed by atoms with van der Waals surface area (Å²) in [5, 5.41) is 10.6. The van der Waals surface area contributed by atoms with Gasteiger partial charge in [-0.1, -0.05) is 30.3 Å². The van der Waals surface area contributed by atoms with Gasteiger partial charge in [-0.15, -0.1) is 4.99 Å². The van der Waals surface area contributed by atoms with Gasteiger partial charge in [-0.25, -0.2) is 4.79 Å². The average molecular weight is 328 g/mol. The molecular weight excluding hydrogens is 312 g/mol. The molecule has 0 spiro atoms. The van der Waals surface area contributed by atoms with Crippen molar-refractivity contribution < 1.29 is 19.2 Å². The number of benzene rings is 2. The maximum Gasteiger partial charge on any atom is 0.436 e. The minimum Gasteiger partial charge on any atom is -0.476 e. The molecule has 1 amide bonds. The fraction of sp³-hybridized carbons (Fsp3) is 0.176. The van der Waals surface area contributed by atoms with Crippen LogP contribution in [-0.2, 0) is 22.7 Å². The topological polar surface area (TPSA) is 91.0 Å². The lowest BCUT2D eigenvalue weighted by atomic mass is 10.2. The van der Waals surface area contributed by atoms with Crippen LogP contribution in [0.3, 0.4) is 0 Å². The third kappa shape index (κ3) is 5.53. The Hall–Kier alpha value is -3.22. The van der Waals surface area contributed by atoms with Crippen LogP contribution in [0.15, 0.2) is 59.6 Å². The Labute approximate surface area is 138 Å². The van der Waals surface area contributed by atoms with Crippen molar-refractivity contribution in [3.8, 4) is 0 Å². The van der Waals surface area contributed by atoms with Crippen molar-refractivity contribution in [3.63, 3.8) is 0 Å². The molecule has 0 aliphatic rings. The molecule has 0 aromatic heterocycles. The number of amides is 1. The largest absolute Gasteiger partial charge is 0.476 e. The Morgan fingerprint density at radius 3 is 2.21 bits per heavy atom. The zero-order valence-corrected chi connectivity index (χ0v) is 13.0. The molecule has 0 aliphatic carbocycles. The third-order valence-corrected chi connectivity index (χ3v) is 3.05. The number of aliphatic imine (C=N–C) groups is 1. The highest BCUT2D eigenvalue weighted by Crippen LogP contribution is 2.12. The number of carbonyl (C=O) groups excluding carboxylic acids is 1. The molecular formula is C17H16N2O5. The summed E-state index contributed by atoms with van der Waals surface area (Å²) in [7, 11) is 0. The van der Waals surface area contributed by atoms with E-state index in [9.17, 15) is 14.9 Å². The number of rotatable bonds is 5. The van der Waals surface area contributed by atoms with Crippen LogP contribution in [0.5, 0.6) is 0 Å². The van der Waals surface area contributed by atoms with Gasteiger partial charge in [0.1, 0.15) is 13.2 Å². The van der Waals surface area contributed by atoms with E-state index in [4.69, 9.17) is 9.47 Å². The molecule has 124 valence electrons. The van der Waals surface area contributed by atoms with Gasteiger partial charge in [-0.2, -0.15) is 0 Å². The van der Waals surface area contributed by atoms with Crippen LogP contribution < -0.4 is 0 Å². The molecule has 24 heavy (non-hydrogen) atoms. The fourth-order valence-electron chi connectivity index (χ4n) is 1.81. The molecule has 0 heterocycles. The van der Waals surface area contributed by atoms with E-state index in [1.165, 1.54) is 24.3 Å². The van der Waals surface area contributed by atoms with E-state index in [0.29, 0.717) is 12.2 Å². The van der Waals surface area contributed by atoms with Crippen molar-refractivity contribution in [1.82, 2.24) is 0 Å². The van der Waals surface area contributed by atoms with Gasteiger partial charge in [0.25, 0.3) is 5.69 Å². The van der Waals surface area contributed by atoms with Crippen LogP contribution in [0.1, 0.15) is 18.1 Å². The van der Waals surface area contributed by atoms with Crippen LogP contribution in [0.2, 0.25) is 0 Å². The first kappa shape index (κ1) is 17.1. The maximum absolute atomic E-state index is 11.6. The molecule has 0 atom stereocenters. The van der Waals surface area contributed by atoms with Crippen LogP contribution >= 0.6 is 0 Å². The Morgan fingerprint density at radius 2 is 1.58 bits per heavy atom. The molecule has 0 bridgehead atoms. The van der Waals surface area contributed by atoms with E-state index in [-0.39, 0.29) is 18.2 Å². The summed E-state index contributed by atoms with van der Waals surface area (Å²) in [4.78, 5) is 25.4. The predicted molar refractivity (Wildman–Crippen MR) is 87.6 cm³/mol. The second-order valence-electron chi connectivity index (χ2n) is 4.88. The lowest BCUT2D eigenvalue weighted by molar-refractivity contribution is -0.384. The average Bonchev–Trinajstić information content (AvgIpc) is 2.59. The Balaban J connectivity index is 1.80. The molecule has 2 aromatic carbocycles. The number of hydrogen-bond acceptors (Lipinski definition) is 5. The van der Waals surface area contributed by atoms with E-state index in [2.05, 4.69) is 4.99 Å². The van der Waals surface area contributed by atoms with Gasteiger partial charge < -0.3 is 9.47 Å². The summed E-state index contributed by atoms with van der Waals surface area (Å²) in [5.41, 5.74) is 1.58. The predicted octanol–water partition coefficient (Wildman–Crippen LogP) is 3.87. The smallest absolute Gasteiger partial charge is 0.436 e. The first-order valence-corrected chi connectivity index (χ1v) is 7.16. The lowest BCUT2D eigenvalue weighted by Crippen LogP contribution is -2.06. The molecule has 0 unspecified atom stereocenters. The standard InChI is InChI=1S/C17H16N2O5/c1-13(23-11-14-5-3-2-4-6-14)18-17(20)24-12-15-7-9-16(10-8-15)19(21)22/h2-10H,11-12H2,1H3. The number of nitro benzene ring substituents is 1. The van der Waals surface area contributed by atoms with E-state index < -0.39 is 11.0 Å². The van der Waals surface area contributed by atoms with Gasteiger partial charge in [0.15, 0.2) is 5.90 Å². The van der Waals surface area contributed by atoms with E-state index in [1.54, 1.807) is 6.92 Å². The number of nitro groups is 1. The van der Waals surface area contributed by atoms with E-state index in [1.807, 2.05) is 30.3 Å². The Morgan fingerprint density at radius 1 is 1.00 bits per heavy atom. The van der Waals surface area contributed by atoms with Crippen LogP contribution in [0, 0.1) is 10.1 Å². The second kappa shape index (κ2) is 8.42. The molecule has 0 radical (unpaired) electrons. The third-order valence-electron chi connectivity index (χ3n) is 3.05. The van der Waals surface area contributed by atoms with Crippen LogP contribution in [0.4, 0.5) is 10.5 Å². The summed E-state index contributed by atoms with van der Waals surface area (Å²) in [6.07, 6.45) is -0.779. The van der Waals surface area contributed by atoms with Crippen LogP contribution in [-0.4, -0.2) is 16.9 Å². The van der Waals surface area contributed by atoms with Crippen molar-refractivity contribution in [3.05, 3.63) is 75.8 Å². The molecule has 0 aliphatic heterocycles. The maximum atomic E-state index is 11.6. The van der Waals surface area contributed by atoms with Gasteiger partial charge in [0.05, 0.1) is 4.92 Å². The lowest BCUT2D eigenvalue weighted by Gasteiger charge is -2.05. The first-order valence-electron chi connectivity index (χ1n) is 7.16. The minimum atomic E-state index is -0.779. The summed E-state index contributed by atoms with van der Waals surface area (Å²) in [6.45, 7) is 1.86. The molecule has 0 N–H and O–H groups in total. The molecule has 2 aromatic rings. The molecule has 2 rings (SSSR count). The van der Waals surface area contributed by atoms with Gasteiger partial charge in [-0.05, 0) is 23.3 Å². The zero-order chi connectivity index (χ0) is 17.4. The quantitative estimate of drug-likeness (QED) is 0.360. The van der Waals surface area contributed by atoms with E-state index in [0.717, 1.165) is 5.56 Å². The summed E-state index contributed by atoms with van der Waals surface area (Å²) in [5.74, 6) is 0.201. The van der Waals surface area contributed by atoms with Crippen LogP contribution in [0.25, 0.3) is 0 Å². The zero-order valence-electron chi connectivity index (χ0n) is 13.0. The molecule has 7 nitrogen and oxygen atoms in total. The molecule has 0 saturated heterocycles. The summed E-state index contributed by atoms with van der Waals surface area (Å²) in [6, 6.07) is 15.2. The highest BCUT2D eigenvalue weighted by Gasteiger charge is 2.06. The van der Waals surface area contributed by atoms with Gasteiger partial charge >= 0.3 is 6.09 Å². The molecule has 0 saturated carbocycles. The number of nitrogens with zero attached hydrogens (tertiary/aromatic N) is 2. The van der Waals surface area contributed by atoms with Crippen molar-refractivity contribution in [2.45, 2.75) is 20.1 Å². The Bertz CT molecular complexity index is 726. The Kier molecular flexibility index (Phi) is 6.01. The summed E-state index contributed by atoms with van der Waals surface area (Å²) < 4.78 is 10.3. The number of non-ortho nitro benzene ring substituents is 1. The highest BCUT2D eigenvalue weighted by atomic mass is 16.6. The first-order chi connectivity index (χ1) is 11.5. The number of hydrogen-bond donors (Lipinski definition) is 0. The molecule has 0 fully saturated rings.